The van der Waals surface area contributed by atoms with Crippen LogP contribution in [0.25, 0.3) is 0 Å². The zero-order valence-corrected chi connectivity index (χ0v) is 9.57. The summed E-state index contributed by atoms with van der Waals surface area (Å²) in [5, 5.41) is 17.8. The lowest BCUT2D eigenvalue weighted by atomic mass is 9.79. The maximum Gasteiger partial charge on any atom is 0.488 e. The molecule has 0 unspecified atom stereocenters. The smallest absolute Gasteiger partial charge is 0.488 e. The Hall–Kier alpha value is -1.25. The molecule has 1 rings (SSSR count). The molecule has 1 aromatic rings. The molecule has 0 bridgehead atoms. The van der Waals surface area contributed by atoms with Gasteiger partial charge in [0.05, 0.1) is 12.2 Å². The Morgan fingerprint density at radius 2 is 1.83 bits per heavy atom. The predicted octanol–water partition coefficient (Wildman–Crippen LogP) is 0.410. The molecular weight excluding hydrogens is 252 g/mol. The Morgan fingerprint density at radius 3 is 2.33 bits per heavy atom. The van der Waals surface area contributed by atoms with E-state index in [1.807, 2.05) is 0 Å². The monoisotopic (exact) mass is 264 g/mol. The van der Waals surface area contributed by atoms with E-state index in [0.29, 0.717) is 6.07 Å². The molecule has 0 aliphatic rings. The second-order valence-electron chi connectivity index (χ2n) is 3.50. The van der Waals surface area contributed by atoms with Crippen LogP contribution in [0.5, 0.6) is 5.75 Å². The fraction of sp³-hybridized carbons (Fsp3) is 0.400. The van der Waals surface area contributed by atoms with Crippen LogP contribution < -0.4 is 10.2 Å². The van der Waals surface area contributed by atoms with Gasteiger partial charge in [0.2, 0.25) is 0 Å². The largest absolute Gasteiger partial charge is 0.491 e. The molecule has 100 valence electrons. The maximum atomic E-state index is 12.6. The summed E-state index contributed by atoms with van der Waals surface area (Å²) in [4.78, 5) is 0. The average Bonchev–Trinajstić information content (AvgIpc) is 2.28. The number of benzene rings is 1. The second kappa shape index (κ2) is 6.08. The van der Waals surface area contributed by atoms with Crippen LogP contribution in [0.1, 0.15) is 5.56 Å². The number of methoxy groups -OCH3 is 1. The highest BCUT2D eigenvalue weighted by atomic mass is 19.4. The zero-order chi connectivity index (χ0) is 13.8. The first-order chi connectivity index (χ1) is 8.34. The topological polar surface area (TPSA) is 58.9 Å². The number of hydrogen-bond donors (Lipinski definition) is 2. The van der Waals surface area contributed by atoms with Crippen molar-refractivity contribution in [3.63, 3.8) is 0 Å². The van der Waals surface area contributed by atoms with Crippen molar-refractivity contribution in [2.75, 3.05) is 20.3 Å². The van der Waals surface area contributed by atoms with Gasteiger partial charge in [0.1, 0.15) is 12.4 Å². The van der Waals surface area contributed by atoms with E-state index in [0.717, 1.165) is 12.1 Å². The molecule has 0 aromatic heterocycles. The van der Waals surface area contributed by atoms with Crippen LogP contribution in [0.3, 0.4) is 0 Å². The molecule has 1 aromatic carbocycles. The van der Waals surface area contributed by atoms with Gasteiger partial charge in [0.25, 0.3) is 0 Å². The quantitative estimate of drug-likeness (QED) is 0.597. The van der Waals surface area contributed by atoms with Crippen molar-refractivity contribution in [2.45, 2.75) is 6.18 Å². The Balaban J connectivity index is 2.99. The van der Waals surface area contributed by atoms with Gasteiger partial charge < -0.3 is 19.5 Å². The molecule has 0 amide bonds. The van der Waals surface area contributed by atoms with Gasteiger partial charge in [-0.3, -0.25) is 0 Å². The lowest BCUT2D eigenvalue weighted by Gasteiger charge is -2.12. The average molecular weight is 264 g/mol. The molecule has 0 saturated carbocycles. The fourth-order valence-electron chi connectivity index (χ4n) is 1.26. The summed E-state index contributed by atoms with van der Waals surface area (Å²) >= 11 is 0. The van der Waals surface area contributed by atoms with Gasteiger partial charge in [-0.15, -0.1) is 0 Å². The van der Waals surface area contributed by atoms with Crippen LogP contribution in [0.15, 0.2) is 18.2 Å². The van der Waals surface area contributed by atoms with Crippen molar-refractivity contribution in [3.8, 4) is 5.75 Å². The molecule has 0 fully saturated rings. The minimum absolute atomic E-state index is 0.0682. The highest BCUT2D eigenvalue weighted by molar-refractivity contribution is 6.58. The summed E-state index contributed by atoms with van der Waals surface area (Å²) in [6.45, 7) is 0.284. The van der Waals surface area contributed by atoms with E-state index in [9.17, 15) is 13.2 Å². The molecule has 8 heteroatoms. The Bertz CT molecular complexity index is 395. The molecular formula is C10H12BF3O4. The molecule has 0 heterocycles. The van der Waals surface area contributed by atoms with Crippen LogP contribution in [-0.4, -0.2) is 37.5 Å². The summed E-state index contributed by atoms with van der Waals surface area (Å²) in [6, 6.07) is 2.59. The van der Waals surface area contributed by atoms with E-state index < -0.39 is 18.9 Å². The van der Waals surface area contributed by atoms with Crippen molar-refractivity contribution in [1.29, 1.82) is 0 Å². The van der Waals surface area contributed by atoms with Crippen molar-refractivity contribution < 1.29 is 32.7 Å². The predicted molar refractivity (Wildman–Crippen MR) is 58.6 cm³/mol. The molecule has 18 heavy (non-hydrogen) atoms. The van der Waals surface area contributed by atoms with Gasteiger partial charge in [-0.05, 0) is 23.7 Å². The molecule has 2 N–H and O–H groups in total. The summed E-state index contributed by atoms with van der Waals surface area (Å²) in [7, 11) is -0.560. The molecule has 0 radical (unpaired) electrons. The van der Waals surface area contributed by atoms with Gasteiger partial charge in [-0.2, -0.15) is 13.2 Å². The first-order valence-electron chi connectivity index (χ1n) is 5.04. The highest BCUT2D eigenvalue weighted by Gasteiger charge is 2.32. The van der Waals surface area contributed by atoms with Gasteiger partial charge in [-0.25, -0.2) is 0 Å². The summed E-state index contributed by atoms with van der Waals surface area (Å²) < 4.78 is 47.4. The SMILES string of the molecule is COCCOc1cc(B(O)O)cc(C(F)(F)F)c1. The lowest BCUT2D eigenvalue weighted by molar-refractivity contribution is -0.137. The van der Waals surface area contributed by atoms with E-state index in [-0.39, 0.29) is 24.4 Å². The third kappa shape index (κ3) is 4.21. The first kappa shape index (κ1) is 14.8. The van der Waals surface area contributed by atoms with Crippen molar-refractivity contribution in [3.05, 3.63) is 23.8 Å². The lowest BCUT2D eigenvalue weighted by Crippen LogP contribution is -2.31. The zero-order valence-electron chi connectivity index (χ0n) is 9.57. The number of ether oxygens (including phenoxy) is 2. The third-order valence-corrected chi connectivity index (χ3v) is 2.11. The molecule has 0 atom stereocenters. The number of halogens is 3. The van der Waals surface area contributed by atoms with Gasteiger partial charge in [0, 0.05) is 7.11 Å². The molecule has 0 spiro atoms. The summed E-state index contributed by atoms with van der Waals surface area (Å²) in [6.07, 6.45) is -4.58. The third-order valence-electron chi connectivity index (χ3n) is 2.11. The van der Waals surface area contributed by atoms with E-state index in [2.05, 4.69) is 0 Å². The van der Waals surface area contributed by atoms with E-state index in [1.165, 1.54) is 7.11 Å². The van der Waals surface area contributed by atoms with Crippen LogP contribution >= 0.6 is 0 Å². The highest BCUT2D eigenvalue weighted by Crippen LogP contribution is 2.30. The number of rotatable bonds is 5. The molecule has 4 nitrogen and oxygen atoms in total. The Morgan fingerprint density at radius 1 is 1.17 bits per heavy atom. The van der Waals surface area contributed by atoms with E-state index >= 15 is 0 Å². The van der Waals surface area contributed by atoms with Crippen molar-refractivity contribution >= 4 is 12.6 Å². The molecule has 0 aliphatic heterocycles. The number of hydrogen-bond acceptors (Lipinski definition) is 4. The minimum atomic E-state index is -4.58. The maximum absolute atomic E-state index is 12.6. The van der Waals surface area contributed by atoms with Crippen LogP contribution in [0.4, 0.5) is 13.2 Å². The van der Waals surface area contributed by atoms with Gasteiger partial charge in [-0.1, -0.05) is 0 Å². The van der Waals surface area contributed by atoms with Crippen molar-refractivity contribution in [2.24, 2.45) is 0 Å². The first-order valence-corrected chi connectivity index (χ1v) is 5.04. The Labute approximate surface area is 102 Å². The van der Waals surface area contributed by atoms with Crippen molar-refractivity contribution in [1.82, 2.24) is 0 Å². The number of alkyl halides is 3. The fourth-order valence-corrected chi connectivity index (χ4v) is 1.26. The van der Waals surface area contributed by atoms with Crippen LogP contribution in [-0.2, 0) is 10.9 Å². The summed E-state index contributed by atoms with van der Waals surface area (Å²) in [5.74, 6) is -0.0926. The summed E-state index contributed by atoms with van der Waals surface area (Å²) in [5.41, 5.74) is -1.28. The van der Waals surface area contributed by atoms with Gasteiger partial charge in [0.15, 0.2) is 0 Å². The minimum Gasteiger partial charge on any atom is -0.491 e. The van der Waals surface area contributed by atoms with Gasteiger partial charge >= 0.3 is 13.3 Å². The van der Waals surface area contributed by atoms with E-state index in [4.69, 9.17) is 19.5 Å². The second-order valence-corrected chi connectivity index (χ2v) is 3.50. The normalized spacial score (nSPS) is 11.4. The van der Waals surface area contributed by atoms with Crippen LogP contribution in [0.2, 0.25) is 0 Å². The van der Waals surface area contributed by atoms with E-state index in [1.54, 1.807) is 0 Å². The molecule has 0 saturated heterocycles. The van der Waals surface area contributed by atoms with Crippen LogP contribution in [0, 0.1) is 0 Å². The molecule has 0 aliphatic carbocycles. The standard InChI is InChI=1S/C10H12BF3O4/c1-17-2-3-18-9-5-7(10(12,13)14)4-8(6-9)11(15)16/h4-6,15-16H,2-3H2,1H3. The Kier molecular flexibility index (Phi) is 5.00.